The summed E-state index contributed by atoms with van der Waals surface area (Å²) in [5.41, 5.74) is 3.50. The summed E-state index contributed by atoms with van der Waals surface area (Å²) in [6.45, 7) is 2.14. The fourth-order valence-corrected chi connectivity index (χ4v) is 3.65. The zero-order valence-corrected chi connectivity index (χ0v) is 13.7. The normalized spacial score (nSPS) is 11.1. The summed E-state index contributed by atoms with van der Waals surface area (Å²) in [5, 5.41) is 1.18. The van der Waals surface area contributed by atoms with Crippen LogP contribution in [0.5, 0.6) is 0 Å². The predicted octanol–water partition coefficient (Wildman–Crippen LogP) is 5.36. The summed E-state index contributed by atoms with van der Waals surface area (Å²) in [6, 6.07) is 32.0. The van der Waals surface area contributed by atoms with E-state index in [1.165, 1.54) is 22.0 Å². The molecule has 0 amide bonds. The molecule has 22 heavy (non-hydrogen) atoms. The van der Waals surface area contributed by atoms with Gasteiger partial charge in [-0.3, -0.25) is 0 Å². The van der Waals surface area contributed by atoms with Crippen LogP contribution in [-0.2, 0) is 5.41 Å². The van der Waals surface area contributed by atoms with Crippen molar-refractivity contribution >= 4 is 14.2 Å². The van der Waals surface area contributed by atoms with E-state index in [0.717, 1.165) is 0 Å². The minimum absolute atomic E-state index is 0.291. The average molecular weight is 302 g/mol. The quantitative estimate of drug-likeness (QED) is 0.450. The van der Waals surface area contributed by atoms with Crippen LogP contribution in [-0.4, -0.2) is 5.29 Å². The lowest BCUT2D eigenvalue weighted by molar-refractivity contribution is 0.836. The zero-order valence-electron chi connectivity index (χ0n) is 12.7. The van der Waals surface area contributed by atoms with Crippen LogP contribution < -0.4 is 0 Å². The molecular weight excluding hydrogens is 283 g/mol. The van der Waals surface area contributed by atoms with Gasteiger partial charge in [0, 0.05) is 0 Å². The first-order valence-corrected chi connectivity index (χ1v) is 7.98. The van der Waals surface area contributed by atoms with Gasteiger partial charge in [-0.25, -0.2) is 0 Å². The standard InChI is InChI=1S/C21H19P/c1-17(22)21(18-11-5-2-6-12-18,19-13-7-3-8-14-19)20-15-9-4-10-16-20/h2-16,22H,1H3. The van der Waals surface area contributed by atoms with Gasteiger partial charge in [-0.05, 0) is 28.9 Å². The molecule has 3 rings (SSSR count). The van der Waals surface area contributed by atoms with E-state index in [9.17, 15) is 0 Å². The summed E-state index contributed by atoms with van der Waals surface area (Å²) in [5.74, 6) is 0. The van der Waals surface area contributed by atoms with Crippen molar-refractivity contribution in [1.82, 2.24) is 0 Å². The first-order chi connectivity index (χ1) is 10.8. The molecule has 0 saturated carbocycles. The summed E-state index contributed by atoms with van der Waals surface area (Å²) < 4.78 is 0. The second-order valence-electron chi connectivity index (χ2n) is 5.47. The summed E-state index contributed by atoms with van der Waals surface area (Å²) >= 11 is 0. The van der Waals surface area contributed by atoms with E-state index in [-0.39, 0.29) is 5.41 Å². The molecule has 0 aliphatic rings. The number of rotatable bonds is 4. The highest BCUT2D eigenvalue weighted by atomic mass is 31.0. The Morgan fingerprint density at radius 3 is 1.09 bits per heavy atom. The summed E-state index contributed by atoms with van der Waals surface area (Å²) in [7, 11) is 3.88. The van der Waals surface area contributed by atoms with Crippen LogP contribution in [0.1, 0.15) is 23.6 Å². The van der Waals surface area contributed by atoms with Crippen LogP contribution in [0.2, 0.25) is 0 Å². The minimum Gasteiger partial charge on any atom is -0.122 e. The second-order valence-corrected chi connectivity index (χ2v) is 6.22. The highest BCUT2D eigenvalue weighted by molar-refractivity contribution is 7.21. The van der Waals surface area contributed by atoms with Gasteiger partial charge in [0.25, 0.3) is 0 Å². The fraction of sp³-hybridized carbons (Fsp3) is 0.0952. The van der Waals surface area contributed by atoms with Gasteiger partial charge in [0.15, 0.2) is 0 Å². The molecule has 0 atom stereocenters. The van der Waals surface area contributed by atoms with Crippen molar-refractivity contribution in [3.05, 3.63) is 108 Å². The topological polar surface area (TPSA) is 0 Å². The molecule has 0 nitrogen and oxygen atoms in total. The van der Waals surface area contributed by atoms with Crippen LogP contribution >= 0.6 is 8.86 Å². The van der Waals surface area contributed by atoms with Crippen LogP contribution in [0.25, 0.3) is 0 Å². The third kappa shape index (κ3) is 2.40. The van der Waals surface area contributed by atoms with Gasteiger partial charge in [-0.2, -0.15) is 0 Å². The molecule has 0 bridgehead atoms. The van der Waals surface area contributed by atoms with Gasteiger partial charge in [0.1, 0.15) is 0 Å². The fourth-order valence-electron chi connectivity index (χ4n) is 3.21. The lowest BCUT2D eigenvalue weighted by atomic mass is 9.67. The van der Waals surface area contributed by atoms with Crippen molar-refractivity contribution in [2.45, 2.75) is 12.3 Å². The van der Waals surface area contributed by atoms with Crippen LogP contribution in [0, 0.1) is 0 Å². The Labute approximate surface area is 134 Å². The molecule has 0 heterocycles. The Balaban J connectivity index is 2.37. The Kier molecular flexibility index (Phi) is 4.22. The smallest absolute Gasteiger partial charge is 0.0698 e. The molecule has 0 spiro atoms. The molecule has 0 N–H and O–H groups in total. The first-order valence-electron chi connectivity index (χ1n) is 7.48. The van der Waals surface area contributed by atoms with Crippen molar-refractivity contribution in [2.24, 2.45) is 0 Å². The van der Waals surface area contributed by atoms with Gasteiger partial charge >= 0.3 is 0 Å². The second kappa shape index (κ2) is 6.30. The predicted molar refractivity (Wildman–Crippen MR) is 98.2 cm³/mol. The van der Waals surface area contributed by atoms with Gasteiger partial charge in [-0.15, -0.1) is 8.86 Å². The first kappa shape index (κ1) is 14.8. The van der Waals surface area contributed by atoms with E-state index >= 15 is 0 Å². The molecule has 0 aromatic heterocycles. The van der Waals surface area contributed by atoms with E-state index in [2.05, 4.69) is 107 Å². The Bertz CT molecular complexity index is 649. The van der Waals surface area contributed by atoms with E-state index in [1.807, 2.05) is 0 Å². The van der Waals surface area contributed by atoms with E-state index in [1.54, 1.807) is 0 Å². The lowest BCUT2D eigenvalue weighted by Crippen LogP contribution is -2.35. The Hall–Kier alpha value is -2.17. The molecule has 108 valence electrons. The van der Waals surface area contributed by atoms with E-state index in [0.29, 0.717) is 0 Å². The third-order valence-corrected chi connectivity index (χ3v) is 4.56. The molecular formula is C21H19P. The van der Waals surface area contributed by atoms with Gasteiger partial charge in [0.2, 0.25) is 0 Å². The SMILES string of the molecule is CC(=P)C(c1ccccc1)(c1ccccc1)c1ccccc1. The zero-order chi connectivity index (χ0) is 15.4. The van der Waals surface area contributed by atoms with Crippen molar-refractivity contribution < 1.29 is 0 Å². The van der Waals surface area contributed by atoms with Crippen molar-refractivity contribution in [1.29, 1.82) is 0 Å². The molecule has 0 radical (unpaired) electrons. The Morgan fingerprint density at radius 2 is 0.864 bits per heavy atom. The highest BCUT2D eigenvalue weighted by Gasteiger charge is 2.37. The highest BCUT2D eigenvalue weighted by Crippen LogP contribution is 2.40. The van der Waals surface area contributed by atoms with Crippen LogP contribution in [0.4, 0.5) is 0 Å². The molecule has 3 aromatic carbocycles. The maximum absolute atomic E-state index is 3.88. The van der Waals surface area contributed by atoms with Crippen molar-refractivity contribution in [3.8, 4) is 0 Å². The molecule has 0 aliphatic heterocycles. The van der Waals surface area contributed by atoms with Crippen LogP contribution in [0.3, 0.4) is 0 Å². The van der Waals surface area contributed by atoms with Crippen LogP contribution in [0.15, 0.2) is 91.0 Å². The van der Waals surface area contributed by atoms with Gasteiger partial charge in [-0.1, -0.05) is 91.0 Å². The molecule has 1 heteroatoms. The molecule has 3 aromatic rings. The van der Waals surface area contributed by atoms with Gasteiger partial charge < -0.3 is 0 Å². The summed E-state index contributed by atoms with van der Waals surface area (Å²) in [6.07, 6.45) is 0. The lowest BCUT2D eigenvalue weighted by Gasteiger charge is -2.36. The van der Waals surface area contributed by atoms with E-state index in [4.69, 9.17) is 0 Å². The number of hydrogen-bond donors (Lipinski definition) is 0. The van der Waals surface area contributed by atoms with Gasteiger partial charge in [0.05, 0.1) is 5.41 Å². The molecule has 0 aliphatic carbocycles. The number of hydrogen-bond acceptors (Lipinski definition) is 0. The minimum atomic E-state index is -0.291. The molecule has 0 fully saturated rings. The third-order valence-electron chi connectivity index (χ3n) is 4.18. The maximum atomic E-state index is 3.88. The largest absolute Gasteiger partial charge is 0.122 e. The summed E-state index contributed by atoms with van der Waals surface area (Å²) in [4.78, 5) is 0. The Morgan fingerprint density at radius 1 is 0.591 bits per heavy atom. The van der Waals surface area contributed by atoms with E-state index < -0.39 is 0 Å². The monoisotopic (exact) mass is 302 g/mol. The maximum Gasteiger partial charge on any atom is 0.0698 e. The van der Waals surface area contributed by atoms with Crippen molar-refractivity contribution in [2.75, 3.05) is 0 Å². The van der Waals surface area contributed by atoms with Crippen molar-refractivity contribution in [3.63, 3.8) is 0 Å². The molecule has 0 saturated heterocycles. The number of benzene rings is 3. The average Bonchev–Trinajstić information content (AvgIpc) is 2.58. The molecule has 0 unspecified atom stereocenters.